The monoisotopic (exact) mass is 344 g/mol. The van der Waals surface area contributed by atoms with Crippen LogP contribution in [-0.4, -0.2) is 40.1 Å². The molecular formula is C19H24N2O2S. The summed E-state index contributed by atoms with van der Waals surface area (Å²) in [5.74, 6) is 0.0952. The van der Waals surface area contributed by atoms with Crippen LogP contribution in [0.4, 0.5) is 0 Å². The number of carbonyl (C=O) groups excluding carboxylic acids is 1. The van der Waals surface area contributed by atoms with Gasteiger partial charge in [0.1, 0.15) is 0 Å². The average Bonchev–Trinajstić information content (AvgIpc) is 2.96. The Hall–Kier alpha value is -1.72. The first-order valence-electron chi connectivity index (χ1n) is 8.33. The Morgan fingerprint density at radius 3 is 2.75 bits per heavy atom. The van der Waals surface area contributed by atoms with Gasteiger partial charge in [-0.25, -0.2) is 4.98 Å². The third kappa shape index (κ3) is 3.68. The lowest BCUT2D eigenvalue weighted by molar-refractivity contribution is -0.137. The van der Waals surface area contributed by atoms with Crippen molar-refractivity contribution in [2.75, 3.05) is 13.6 Å². The molecule has 1 aliphatic carbocycles. The molecule has 0 saturated heterocycles. The molecule has 0 aliphatic heterocycles. The lowest BCUT2D eigenvalue weighted by atomic mass is 9.82. The van der Waals surface area contributed by atoms with Crippen LogP contribution in [0.25, 0.3) is 10.2 Å². The molecule has 0 fully saturated rings. The number of rotatable bonds is 4. The van der Waals surface area contributed by atoms with Crippen molar-refractivity contribution in [1.29, 1.82) is 0 Å². The predicted octanol–water partition coefficient (Wildman–Crippen LogP) is 3.58. The maximum Gasteiger partial charge on any atom is 0.226 e. The molecular weight excluding hydrogens is 320 g/mol. The zero-order chi connectivity index (χ0) is 17.3. The second-order valence-corrected chi connectivity index (χ2v) is 8.24. The Kier molecular flexibility index (Phi) is 4.74. The van der Waals surface area contributed by atoms with Crippen LogP contribution in [0.2, 0.25) is 0 Å². The summed E-state index contributed by atoms with van der Waals surface area (Å²) in [5.41, 5.74) is 0.114. The van der Waals surface area contributed by atoms with Crippen molar-refractivity contribution >= 4 is 27.5 Å². The first-order chi connectivity index (χ1) is 11.3. The van der Waals surface area contributed by atoms with E-state index < -0.39 is 5.60 Å². The van der Waals surface area contributed by atoms with Crippen LogP contribution in [-0.2, 0) is 4.79 Å². The highest BCUT2D eigenvalue weighted by Crippen LogP contribution is 2.39. The minimum atomic E-state index is -0.889. The van der Waals surface area contributed by atoms with Crippen molar-refractivity contribution in [3.63, 3.8) is 0 Å². The van der Waals surface area contributed by atoms with Gasteiger partial charge in [-0.2, -0.15) is 0 Å². The number of fused-ring (bicyclic) bond motifs is 1. The molecule has 2 unspecified atom stereocenters. The summed E-state index contributed by atoms with van der Waals surface area (Å²) in [6.07, 6.45) is 5.81. The Morgan fingerprint density at radius 1 is 1.33 bits per heavy atom. The third-order valence-corrected chi connectivity index (χ3v) is 5.55. The number of amides is 1. The summed E-state index contributed by atoms with van der Waals surface area (Å²) in [5, 5.41) is 11.0. The molecule has 3 rings (SSSR count). The summed E-state index contributed by atoms with van der Waals surface area (Å²) >= 11 is 1.68. The van der Waals surface area contributed by atoms with E-state index in [1.807, 2.05) is 18.2 Å². The molecule has 1 aliphatic rings. The fourth-order valence-electron chi connectivity index (χ4n) is 3.35. The molecule has 0 saturated carbocycles. The molecule has 2 aromatic rings. The predicted molar refractivity (Wildman–Crippen MR) is 98.2 cm³/mol. The fraction of sp³-hybridized carbons (Fsp3) is 0.474. The second kappa shape index (κ2) is 6.65. The van der Waals surface area contributed by atoms with E-state index in [1.165, 1.54) is 0 Å². The number of aromatic nitrogens is 1. The van der Waals surface area contributed by atoms with Crippen molar-refractivity contribution in [2.24, 2.45) is 5.92 Å². The number of hydrogen-bond acceptors (Lipinski definition) is 4. The minimum absolute atomic E-state index is 0.0886. The van der Waals surface area contributed by atoms with Gasteiger partial charge in [0.05, 0.1) is 26.7 Å². The van der Waals surface area contributed by atoms with Crippen molar-refractivity contribution in [1.82, 2.24) is 9.88 Å². The van der Waals surface area contributed by atoms with E-state index in [0.717, 1.165) is 28.1 Å². The summed E-state index contributed by atoms with van der Waals surface area (Å²) in [7, 11) is 1.77. The summed E-state index contributed by atoms with van der Waals surface area (Å²) in [6.45, 7) is 3.78. The largest absolute Gasteiger partial charge is 0.389 e. The highest BCUT2D eigenvalue weighted by Gasteiger charge is 2.35. The Morgan fingerprint density at radius 2 is 2.04 bits per heavy atom. The summed E-state index contributed by atoms with van der Waals surface area (Å²) in [6, 6.07) is 8.11. The summed E-state index contributed by atoms with van der Waals surface area (Å²) in [4.78, 5) is 19.4. The molecule has 4 nitrogen and oxygen atoms in total. The van der Waals surface area contributed by atoms with E-state index in [0.29, 0.717) is 6.54 Å². The molecule has 24 heavy (non-hydrogen) atoms. The lowest BCUT2D eigenvalue weighted by Gasteiger charge is -2.32. The van der Waals surface area contributed by atoms with Gasteiger partial charge in [0.15, 0.2) is 0 Å². The van der Waals surface area contributed by atoms with Crippen molar-refractivity contribution in [3.8, 4) is 0 Å². The lowest BCUT2D eigenvalue weighted by Crippen LogP contribution is -2.43. The quantitative estimate of drug-likeness (QED) is 0.863. The van der Waals surface area contributed by atoms with E-state index >= 15 is 0 Å². The van der Waals surface area contributed by atoms with Crippen LogP contribution in [0.15, 0.2) is 36.4 Å². The number of thiazole rings is 1. The third-order valence-electron chi connectivity index (χ3n) is 4.38. The Bertz CT molecular complexity index is 727. The van der Waals surface area contributed by atoms with Gasteiger partial charge in [0.25, 0.3) is 0 Å². The smallest absolute Gasteiger partial charge is 0.226 e. The second-order valence-electron chi connectivity index (χ2n) is 7.18. The van der Waals surface area contributed by atoms with Crippen LogP contribution < -0.4 is 0 Å². The number of likely N-dealkylation sites (N-methyl/N-ethyl adjacent to an activating group) is 1. The normalized spacial score (nSPS) is 21.2. The topological polar surface area (TPSA) is 53.4 Å². The molecule has 2 atom stereocenters. The zero-order valence-electron chi connectivity index (χ0n) is 14.4. The molecule has 1 N–H and O–H groups in total. The number of nitrogens with zero attached hydrogens (tertiary/aromatic N) is 2. The van der Waals surface area contributed by atoms with Gasteiger partial charge < -0.3 is 10.0 Å². The number of carbonyl (C=O) groups is 1. The number of para-hydroxylation sites is 1. The number of hydrogen-bond donors (Lipinski definition) is 1. The van der Waals surface area contributed by atoms with Gasteiger partial charge >= 0.3 is 0 Å². The molecule has 0 bridgehead atoms. The first-order valence-corrected chi connectivity index (χ1v) is 9.14. The van der Waals surface area contributed by atoms with Crippen LogP contribution in [0.1, 0.15) is 37.6 Å². The highest BCUT2D eigenvalue weighted by atomic mass is 32.1. The molecule has 0 spiro atoms. The number of aliphatic hydroxyl groups is 1. The number of benzene rings is 1. The van der Waals surface area contributed by atoms with E-state index in [-0.39, 0.29) is 17.7 Å². The van der Waals surface area contributed by atoms with Crippen LogP contribution in [0.5, 0.6) is 0 Å². The summed E-state index contributed by atoms with van der Waals surface area (Å²) < 4.78 is 1.16. The molecule has 1 amide bonds. The molecule has 1 heterocycles. The van der Waals surface area contributed by atoms with Gasteiger partial charge in [0, 0.05) is 19.5 Å². The maximum atomic E-state index is 12.9. The van der Waals surface area contributed by atoms with Crippen molar-refractivity contribution in [2.45, 2.75) is 38.2 Å². The van der Waals surface area contributed by atoms with Crippen LogP contribution >= 0.6 is 11.3 Å². The highest BCUT2D eigenvalue weighted by molar-refractivity contribution is 7.18. The first kappa shape index (κ1) is 17.1. The van der Waals surface area contributed by atoms with Gasteiger partial charge in [0.2, 0.25) is 5.91 Å². The Balaban J connectivity index is 1.85. The van der Waals surface area contributed by atoms with E-state index in [1.54, 1.807) is 37.1 Å². The molecule has 128 valence electrons. The van der Waals surface area contributed by atoms with Crippen molar-refractivity contribution < 1.29 is 9.90 Å². The van der Waals surface area contributed by atoms with Gasteiger partial charge in [-0.3, -0.25) is 4.79 Å². The van der Waals surface area contributed by atoms with E-state index in [4.69, 9.17) is 4.98 Å². The van der Waals surface area contributed by atoms with Gasteiger partial charge in [-0.1, -0.05) is 24.3 Å². The average molecular weight is 344 g/mol. The molecule has 1 aromatic heterocycles. The molecule has 0 radical (unpaired) electrons. The Labute approximate surface area is 146 Å². The molecule has 5 heteroatoms. The van der Waals surface area contributed by atoms with Gasteiger partial charge in [-0.15, -0.1) is 11.3 Å². The number of allylic oxidation sites excluding steroid dienone is 2. The van der Waals surface area contributed by atoms with Crippen LogP contribution in [0, 0.1) is 5.92 Å². The van der Waals surface area contributed by atoms with E-state index in [2.05, 4.69) is 18.2 Å². The van der Waals surface area contributed by atoms with Crippen LogP contribution in [0.3, 0.4) is 0 Å². The maximum absolute atomic E-state index is 12.9. The SMILES string of the molecule is CN(CC(C)(C)O)C(=O)C1CC=CCC1c1nc2ccccc2s1. The standard InChI is InChI=1S/C19H24N2O2S/c1-19(2,23)12-21(3)18(22)14-9-5-4-8-13(14)17-20-15-10-6-7-11-16(15)24-17/h4-7,10-11,13-14,23H,8-9,12H2,1-3H3. The van der Waals surface area contributed by atoms with Gasteiger partial charge in [-0.05, 0) is 38.8 Å². The molecule has 1 aromatic carbocycles. The van der Waals surface area contributed by atoms with Crippen molar-refractivity contribution in [3.05, 3.63) is 41.4 Å². The van der Waals surface area contributed by atoms with E-state index in [9.17, 15) is 9.90 Å². The minimum Gasteiger partial charge on any atom is -0.389 e. The zero-order valence-corrected chi connectivity index (χ0v) is 15.2. The fourth-order valence-corrected chi connectivity index (χ4v) is 4.50.